The number of rotatable bonds is 4. The molecule has 92 valence electrons. The second-order valence-electron chi connectivity index (χ2n) is 5.35. The molecule has 1 fully saturated rings. The van der Waals surface area contributed by atoms with E-state index in [1.165, 1.54) is 24.6 Å². The van der Waals surface area contributed by atoms with Crippen LogP contribution in [0.4, 0.5) is 0 Å². The first-order chi connectivity index (χ1) is 8.18. The largest absolute Gasteiger partial charge is 0.322 e. The lowest BCUT2D eigenvalue weighted by molar-refractivity contribution is 0.469. The fourth-order valence-electron chi connectivity index (χ4n) is 2.47. The van der Waals surface area contributed by atoms with Crippen molar-refractivity contribution in [2.75, 3.05) is 19.6 Å². The van der Waals surface area contributed by atoms with Gasteiger partial charge in [0.2, 0.25) is 0 Å². The maximum absolute atomic E-state index is 4.53. The van der Waals surface area contributed by atoms with Gasteiger partial charge in [0.25, 0.3) is 0 Å². The summed E-state index contributed by atoms with van der Waals surface area (Å²) in [5.41, 5.74) is 1.20. The van der Waals surface area contributed by atoms with Crippen molar-refractivity contribution < 1.29 is 0 Å². The Kier molecular flexibility index (Phi) is 4.13. The predicted octanol–water partition coefficient (Wildman–Crippen LogP) is 3.02. The van der Waals surface area contributed by atoms with Crippen molar-refractivity contribution in [2.24, 2.45) is 4.99 Å². The Labute approximate surface area is 105 Å². The van der Waals surface area contributed by atoms with Gasteiger partial charge in [0.15, 0.2) is 0 Å². The minimum Gasteiger partial charge on any atom is -0.322 e. The third-order valence-electron chi connectivity index (χ3n) is 3.61. The summed E-state index contributed by atoms with van der Waals surface area (Å²) in [5, 5.41) is 0. The molecule has 0 N–H and O–H groups in total. The second-order valence-corrected chi connectivity index (χ2v) is 10.1. The van der Waals surface area contributed by atoms with Crippen LogP contribution in [0.15, 0.2) is 35.3 Å². The molecule has 0 amide bonds. The summed E-state index contributed by atoms with van der Waals surface area (Å²) in [6, 6.07) is 11.8. The molecule has 3 heteroatoms. The molecule has 0 unspecified atom stereocenters. The van der Waals surface area contributed by atoms with Gasteiger partial charge in [0.1, 0.15) is 8.24 Å². The molecule has 0 saturated carbocycles. The minimum atomic E-state index is -1.04. The van der Waals surface area contributed by atoms with Gasteiger partial charge < -0.3 is 4.57 Å². The summed E-state index contributed by atoms with van der Waals surface area (Å²) in [7, 11) is -1.04. The fraction of sp³-hybridized carbons (Fsp3) is 0.500. The average molecular weight is 246 g/mol. The first kappa shape index (κ1) is 12.5. The summed E-state index contributed by atoms with van der Waals surface area (Å²) in [6.07, 6.45) is 3.38. The van der Waals surface area contributed by atoms with E-state index in [1.807, 2.05) is 12.3 Å². The van der Waals surface area contributed by atoms with Gasteiger partial charge in [-0.25, -0.2) is 0 Å². The first-order valence-electron chi connectivity index (χ1n) is 6.48. The standard InChI is InChI=1S/C14H22N2Si/c1-17(2)12-6-10-16(17)11-9-15-13-14-7-4-3-5-8-14/h3-5,7-8,13H,6,9-12H2,1-2H3. The van der Waals surface area contributed by atoms with Crippen molar-refractivity contribution in [3.63, 3.8) is 0 Å². The fourth-order valence-corrected chi connectivity index (χ4v) is 5.27. The van der Waals surface area contributed by atoms with Gasteiger partial charge in [-0.1, -0.05) is 43.4 Å². The molecule has 0 bridgehead atoms. The topological polar surface area (TPSA) is 15.6 Å². The van der Waals surface area contributed by atoms with E-state index in [0.29, 0.717) is 0 Å². The molecule has 2 nitrogen and oxygen atoms in total. The highest BCUT2D eigenvalue weighted by Crippen LogP contribution is 2.24. The molecule has 0 atom stereocenters. The molecule has 1 saturated heterocycles. The molecule has 0 radical (unpaired) electrons. The molecule has 17 heavy (non-hydrogen) atoms. The van der Waals surface area contributed by atoms with E-state index in [1.54, 1.807) is 0 Å². The zero-order chi connectivity index (χ0) is 12.1. The number of hydrogen-bond acceptors (Lipinski definition) is 2. The quantitative estimate of drug-likeness (QED) is 0.589. The molecule has 1 aromatic carbocycles. The maximum atomic E-state index is 4.53. The van der Waals surface area contributed by atoms with Crippen molar-refractivity contribution in [3.05, 3.63) is 35.9 Å². The highest BCUT2D eigenvalue weighted by atomic mass is 28.3. The van der Waals surface area contributed by atoms with Crippen molar-refractivity contribution in [3.8, 4) is 0 Å². The normalized spacial score (nSPS) is 20.1. The van der Waals surface area contributed by atoms with Crippen LogP contribution in [0.5, 0.6) is 0 Å². The highest BCUT2D eigenvalue weighted by molar-refractivity contribution is 6.75. The Hall–Kier alpha value is -0.933. The highest BCUT2D eigenvalue weighted by Gasteiger charge is 2.33. The molecule has 0 spiro atoms. The third kappa shape index (κ3) is 3.51. The number of nitrogens with zero attached hydrogens (tertiary/aromatic N) is 2. The van der Waals surface area contributed by atoms with Crippen LogP contribution in [0.1, 0.15) is 12.0 Å². The SMILES string of the molecule is C[Si]1(C)CCCN1CCN=Cc1ccccc1. The van der Waals surface area contributed by atoms with E-state index in [4.69, 9.17) is 0 Å². The summed E-state index contributed by atoms with van der Waals surface area (Å²) >= 11 is 0. The van der Waals surface area contributed by atoms with Crippen LogP contribution >= 0.6 is 0 Å². The van der Waals surface area contributed by atoms with Crippen LogP contribution < -0.4 is 0 Å². The number of aliphatic imine (C=N–C) groups is 1. The molecule has 0 aliphatic carbocycles. The van der Waals surface area contributed by atoms with E-state index in [9.17, 15) is 0 Å². The molecule has 0 aromatic heterocycles. The van der Waals surface area contributed by atoms with Gasteiger partial charge in [-0.05, 0) is 24.6 Å². The van der Waals surface area contributed by atoms with Crippen LogP contribution in [-0.4, -0.2) is 38.6 Å². The summed E-state index contributed by atoms with van der Waals surface area (Å²) in [4.78, 5) is 4.53. The molecule has 1 aliphatic rings. The average Bonchev–Trinajstić information content (AvgIpc) is 2.66. The Morgan fingerprint density at radius 2 is 2.06 bits per heavy atom. The Balaban J connectivity index is 1.78. The van der Waals surface area contributed by atoms with Gasteiger partial charge in [-0.15, -0.1) is 0 Å². The lowest BCUT2D eigenvalue weighted by Gasteiger charge is -2.28. The second kappa shape index (κ2) is 5.60. The molecule has 2 rings (SSSR count). The van der Waals surface area contributed by atoms with Crippen molar-refractivity contribution in [1.82, 2.24) is 4.57 Å². The van der Waals surface area contributed by atoms with Crippen molar-refractivity contribution in [1.29, 1.82) is 0 Å². The number of hydrogen-bond donors (Lipinski definition) is 0. The van der Waals surface area contributed by atoms with E-state index in [-0.39, 0.29) is 0 Å². The lowest BCUT2D eigenvalue weighted by atomic mass is 10.2. The molecule has 1 aromatic rings. The third-order valence-corrected chi connectivity index (χ3v) is 7.35. The number of benzene rings is 1. The van der Waals surface area contributed by atoms with E-state index >= 15 is 0 Å². The van der Waals surface area contributed by atoms with Crippen LogP contribution in [-0.2, 0) is 0 Å². The molecular formula is C14H22N2Si. The van der Waals surface area contributed by atoms with Crippen LogP contribution in [0.2, 0.25) is 19.1 Å². The molecule has 1 aliphatic heterocycles. The maximum Gasteiger partial charge on any atom is 0.122 e. The van der Waals surface area contributed by atoms with Gasteiger partial charge in [0.05, 0.1) is 6.54 Å². The Morgan fingerprint density at radius 1 is 1.29 bits per heavy atom. The van der Waals surface area contributed by atoms with E-state index < -0.39 is 8.24 Å². The van der Waals surface area contributed by atoms with Gasteiger partial charge in [-0.2, -0.15) is 0 Å². The van der Waals surface area contributed by atoms with Gasteiger partial charge in [0, 0.05) is 12.8 Å². The summed E-state index contributed by atoms with van der Waals surface area (Å²) < 4.78 is 2.69. The Morgan fingerprint density at radius 3 is 2.71 bits per heavy atom. The van der Waals surface area contributed by atoms with E-state index in [0.717, 1.165) is 13.1 Å². The van der Waals surface area contributed by atoms with Crippen molar-refractivity contribution >= 4 is 14.5 Å². The minimum absolute atomic E-state index is 0.936. The monoisotopic (exact) mass is 246 g/mol. The molecular weight excluding hydrogens is 224 g/mol. The summed E-state index contributed by atoms with van der Waals surface area (Å²) in [5.74, 6) is 0. The molecule has 1 heterocycles. The van der Waals surface area contributed by atoms with Crippen LogP contribution in [0, 0.1) is 0 Å². The van der Waals surface area contributed by atoms with Crippen molar-refractivity contribution in [2.45, 2.75) is 25.6 Å². The predicted molar refractivity (Wildman–Crippen MR) is 77.4 cm³/mol. The summed E-state index contributed by atoms with van der Waals surface area (Å²) in [6.45, 7) is 8.32. The smallest absolute Gasteiger partial charge is 0.122 e. The van der Waals surface area contributed by atoms with E-state index in [2.05, 4.69) is 46.9 Å². The Bertz CT molecular complexity index is 373. The van der Waals surface area contributed by atoms with Gasteiger partial charge >= 0.3 is 0 Å². The van der Waals surface area contributed by atoms with Gasteiger partial charge in [-0.3, -0.25) is 4.99 Å². The van der Waals surface area contributed by atoms with Crippen LogP contribution in [0.3, 0.4) is 0 Å². The first-order valence-corrected chi connectivity index (χ1v) is 9.64. The zero-order valence-electron chi connectivity index (χ0n) is 10.9. The zero-order valence-corrected chi connectivity index (χ0v) is 11.9. The van der Waals surface area contributed by atoms with Crippen LogP contribution in [0.25, 0.3) is 0 Å². The lowest BCUT2D eigenvalue weighted by Crippen LogP contribution is -2.44.